The van der Waals surface area contributed by atoms with Crippen molar-refractivity contribution in [3.8, 4) is 0 Å². The molecule has 0 spiro atoms. The summed E-state index contributed by atoms with van der Waals surface area (Å²) in [5.74, 6) is 0.274. The predicted molar refractivity (Wildman–Crippen MR) is 85.2 cm³/mol. The Morgan fingerprint density at radius 3 is 2.24 bits per heavy atom. The Kier molecular flexibility index (Phi) is 6.97. The molecule has 0 aromatic heterocycles. The SMILES string of the molecule is CC(C(=O)N1CCCCCC1)N(CCO)C1CCCCC1. The lowest BCUT2D eigenvalue weighted by Crippen LogP contribution is -2.52. The molecule has 1 aliphatic heterocycles. The van der Waals surface area contributed by atoms with Crippen molar-refractivity contribution in [1.82, 2.24) is 9.80 Å². The van der Waals surface area contributed by atoms with E-state index in [2.05, 4.69) is 9.80 Å². The second-order valence-electron chi connectivity index (χ2n) is 6.67. The number of hydrogen-bond donors (Lipinski definition) is 1. The molecule has 1 heterocycles. The minimum absolute atomic E-state index is 0.0849. The molecular formula is C17H32N2O2. The molecule has 1 aliphatic carbocycles. The summed E-state index contributed by atoms with van der Waals surface area (Å²) in [5, 5.41) is 9.39. The third-order valence-electron chi connectivity index (χ3n) is 5.17. The van der Waals surface area contributed by atoms with E-state index in [1.165, 1.54) is 44.9 Å². The average Bonchev–Trinajstić information content (AvgIpc) is 2.81. The van der Waals surface area contributed by atoms with Crippen molar-refractivity contribution >= 4 is 5.91 Å². The van der Waals surface area contributed by atoms with Crippen molar-refractivity contribution < 1.29 is 9.90 Å². The summed E-state index contributed by atoms with van der Waals surface area (Å²) in [6.45, 7) is 4.65. The van der Waals surface area contributed by atoms with Crippen molar-refractivity contribution in [2.45, 2.75) is 76.8 Å². The monoisotopic (exact) mass is 296 g/mol. The molecule has 0 aromatic carbocycles. The van der Waals surface area contributed by atoms with E-state index < -0.39 is 0 Å². The normalized spacial score (nSPS) is 23.1. The predicted octanol–water partition coefficient (Wildman–Crippen LogP) is 2.40. The highest BCUT2D eigenvalue weighted by molar-refractivity contribution is 5.81. The van der Waals surface area contributed by atoms with Gasteiger partial charge in [0.05, 0.1) is 12.6 Å². The summed E-state index contributed by atoms with van der Waals surface area (Å²) >= 11 is 0. The van der Waals surface area contributed by atoms with Crippen LogP contribution in [0, 0.1) is 0 Å². The smallest absolute Gasteiger partial charge is 0.239 e. The molecule has 1 atom stereocenters. The number of hydrogen-bond acceptors (Lipinski definition) is 3. The number of carbonyl (C=O) groups excluding carboxylic acids is 1. The molecule has 1 amide bonds. The zero-order valence-corrected chi connectivity index (χ0v) is 13.6. The Hall–Kier alpha value is -0.610. The molecule has 4 heteroatoms. The van der Waals surface area contributed by atoms with Gasteiger partial charge in [0.15, 0.2) is 0 Å². The Morgan fingerprint density at radius 2 is 1.67 bits per heavy atom. The van der Waals surface area contributed by atoms with E-state index in [0.29, 0.717) is 12.6 Å². The highest BCUT2D eigenvalue weighted by Gasteiger charge is 2.31. The van der Waals surface area contributed by atoms with Gasteiger partial charge in [-0.1, -0.05) is 32.1 Å². The van der Waals surface area contributed by atoms with Crippen molar-refractivity contribution in [3.05, 3.63) is 0 Å². The Balaban J connectivity index is 1.98. The first kappa shape index (κ1) is 16.8. The molecule has 0 radical (unpaired) electrons. The van der Waals surface area contributed by atoms with Crippen LogP contribution in [-0.4, -0.2) is 59.1 Å². The van der Waals surface area contributed by atoms with Gasteiger partial charge < -0.3 is 10.0 Å². The lowest BCUT2D eigenvalue weighted by atomic mass is 9.93. The van der Waals surface area contributed by atoms with Gasteiger partial charge in [-0.15, -0.1) is 0 Å². The topological polar surface area (TPSA) is 43.8 Å². The molecule has 0 bridgehead atoms. The standard InChI is InChI=1S/C17H32N2O2/c1-15(17(21)18-11-7-2-3-8-12-18)19(13-14-20)16-9-5-4-6-10-16/h15-16,20H,2-14H2,1H3. The maximum atomic E-state index is 12.8. The van der Waals surface area contributed by atoms with Crippen molar-refractivity contribution in [3.63, 3.8) is 0 Å². The number of aliphatic hydroxyl groups excluding tert-OH is 1. The number of rotatable bonds is 5. The molecule has 1 saturated heterocycles. The van der Waals surface area contributed by atoms with Crippen LogP contribution in [0.25, 0.3) is 0 Å². The van der Waals surface area contributed by atoms with E-state index in [9.17, 15) is 9.90 Å². The second-order valence-corrected chi connectivity index (χ2v) is 6.67. The second kappa shape index (κ2) is 8.74. The van der Waals surface area contributed by atoms with Crippen LogP contribution < -0.4 is 0 Å². The number of likely N-dealkylation sites (tertiary alicyclic amines) is 1. The first-order valence-electron chi connectivity index (χ1n) is 8.89. The molecule has 122 valence electrons. The number of aliphatic hydroxyl groups is 1. The highest BCUT2D eigenvalue weighted by Crippen LogP contribution is 2.25. The first-order valence-corrected chi connectivity index (χ1v) is 8.89. The van der Waals surface area contributed by atoms with Crippen LogP contribution in [0.4, 0.5) is 0 Å². The fourth-order valence-corrected chi connectivity index (χ4v) is 3.92. The van der Waals surface area contributed by atoms with E-state index >= 15 is 0 Å². The van der Waals surface area contributed by atoms with E-state index in [0.717, 1.165) is 25.9 Å². The number of carbonyl (C=O) groups is 1. The highest BCUT2D eigenvalue weighted by atomic mass is 16.3. The first-order chi connectivity index (χ1) is 10.2. The van der Waals surface area contributed by atoms with E-state index in [4.69, 9.17) is 0 Å². The summed E-state index contributed by atoms with van der Waals surface area (Å²) in [7, 11) is 0. The van der Waals surface area contributed by atoms with E-state index in [-0.39, 0.29) is 18.6 Å². The van der Waals surface area contributed by atoms with Gasteiger partial charge in [-0.05, 0) is 32.6 Å². The molecule has 1 saturated carbocycles. The third-order valence-corrected chi connectivity index (χ3v) is 5.17. The quantitative estimate of drug-likeness (QED) is 0.847. The fraction of sp³-hybridized carbons (Fsp3) is 0.941. The molecule has 21 heavy (non-hydrogen) atoms. The van der Waals surface area contributed by atoms with Crippen molar-refractivity contribution in [2.75, 3.05) is 26.2 Å². The van der Waals surface area contributed by atoms with Crippen molar-refractivity contribution in [1.29, 1.82) is 0 Å². The van der Waals surface area contributed by atoms with Gasteiger partial charge in [-0.2, -0.15) is 0 Å². The molecule has 4 nitrogen and oxygen atoms in total. The number of amides is 1. The Labute approximate surface area is 129 Å². The Bertz CT molecular complexity index is 308. The van der Waals surface area contributed by atoms with Gasteiger partial charge in [-0.3, -0.25) is 9.69 Å². The summed E-state index contributed by atoms with van der Waals surface area (Å²) in [4.78, 5) is 17.1. The maximum Gasteiger partial charge on any atom is 0.239 e. The van der Waals surface area contributed by atoms with Crippen LogP contribution >= 0.6 is 0 Å². The molecule has 0 aromatic rings. The summed E-state index contributed by atoms with van der Waals surface area (Å²) in [5.41, 5.74) is 0. The summed E-state index contributed by atoms with van der Waals surface area (Å²) in [6, 6.07) is 0.398. The van der Waals surface area contributed by atoms with Gasteiger partial charge in [0.1, 0.15) is 0 Å². The maximum absolute atomic E-state index is 12.8. The molecule has 2 aliphatic rings. The average molecular weight is 296 g/mol. The van der Waals surface area contributed by atoms with E-state index in [1.54, 1.807) is 0 Å². The summed E-state index contributed by atoms with van der Waals surface area (Å²) < 4.78 is 0. The van der Waals surface area contributed by atoms with Gasteiger partial charge in [0, 0.05) is 25.7 Å². The van der Waals surface area contributed by atoms with Crippen LogP contribution in [0.2, 0.25) is 0 Å². The Morgan fingerprint density at radius 1 is 1.10 bits per heavy atom. The number of nitrogens with zero attached hydrogens (tertiary/aromatic N) is 2. The largest absolute Gasteiger partial charge is 0.395 e. The zero-order valence-electron chi connectivity index (χ0n) is 13.6. The van der Waals surface area contributed by atoms with Crippen LogP contribution in [0.15, 0.2) is 0 Å². The van der Waals surface area contributed by atoms with Crippen LogP contribution in [0.5, 0.6) is 0 Å². The van der Waals surface area contributed by atoms with Crippen molar-refractivity contribution in [2.24, 2.45) is 0 Å². The van der Waals surface area contributed by atoms with Crippen LogP contribution in [0.3, 0.4) is 0 Å². The molecule has 1 unspecified atom stereocenters. The summed E-state index contributed by atoms with van der Waals surface area (Å²) in [6.07, 6.45) is 11.0. The lowest BCUT2D eigenvalue weighted by molar-refractivity contribution is -0.137. The van der Waals surface area contributed by atoms with Crippen LogP contribution in [-0.2, 0) is 4.79 Å². The fourth-order valence-electron chi connectivity index (χ4n) is 3.92. The zero-order chi connectivity index (χ0) is 15.1. The van der Waals surface area contributed by atoms with Gasteiger partial charge >= 0.3 is 0 Å². The molecule has 2 fully saturated rings. The third kappa shape index (κ3) is 4.68. The minimum Gasteiger partial charge on any atom is -0.395 e. The lowest BCUT2D eigenvalue weighted by Gasteiger charge is -2.39. The van der Waals surface area contributed by atoms with Gasteiger partial charge in [0.25, 0.3) is 0 Å². The van der Waals surface area contributed by atoms with Crippen LogP contribution in [0.1, 0.15) is 64.7 Å². The van der Waals surface area contributed by atoms with E-state index in [1.807, 2.05) is 6.92 Å². The molecule has 2 rings (SSSR count). The van der Waals surface area contributed by atoms with Gasteiger partial charge in [-0.25, -0.2) is 0 Å². The minimum atomic E-state index is -0.0849. The molecular weight excluding hydrogens is 264 g/mol. The van der Waals surface area contributed by atoms with Gasteiger partial charge in [0.2, 0.25) is 5.91 Å². The molecule has 1 N–H and O–H groups in total.